The van der Waals surface area contributed by atoms with Gasteiger partial charge in [-0.15, -0.1) is 11.3 Å². The van der Waals surface area contributed by atoms with Crippen molar-refractivity contribution in [2.24, 2.45) is 0 Å². The summed E-state index contributed by atoms with van der Waals surface area (Å²) < 4.78 is 26.6. The summed E-state index contributed by atoms with van der Waals surface area (Å²) >= 11 is 1.39. The zero-order valence-corrected chi connectivity index (χ0v) is 18.6. The van der Waals surface area contributed by atoms with Crippen LogP contribution < -0.4 is 10.6 Å². The summed E-state index contributed by atoms with van der Waals surface area (Å²) in [5, 5.41) is 6.48. The van der Waals surface area contributed by atoms with Gasteiger partial charge in [-0.3, -0.25) is 5.32 Å². The number of carbonyl (C=O) groups is 1. The summed E-state index contributed by atoms with van der Waals surface area (Å²) in [5.41, 5.74) is 2.30. The lowest BCUT2D eigenvalue weighted by molar-refractivity contribution is 0.206. The highest BCUT2D eigenvalue weighted by Gasteiger charge is 2.17. The number of hydrogen-bond acceptors (Lipinski definition) is 5. The van der Waals surface area contributed by atoms with Gasteiger partial charge < -0.3 is 10.2 Å². The predicted octanol–water partition coefficient (Wildman–Crippen LogP) is 5.76. The van der Waals surface area contributed by atoms with Gasteiger partial charge in [-0.05, 0) is 53.6 Å². The number of rotatable bonds is 7. The van der Waals surface area contributed by atoms with Crippen LogP contribution in [0, 0.1) is 11.6 Å². The van der Waals surface area contributed by atoms with Crippen LogP contribution in [0.4, 0.5) is 24.5 Å². The van der Waals surface area contributed by atoms with Gasteiger partial charge in [0.25, 0.3) is 0 Å². The third kappa shape index (κ3) is 5.89. The Balaban J connectivity index is 1.52. The molecule has 168 valence electrons. The number of amides is 2. The number of halogens is 2. The molecule has 4 aromatic rings. The molecule has 0 saturated heterocycles. The Kier molecular flexibility index (Phi) is 6.89. The second-order valence-corrected chi connectivity index (χ2v) is 8.30. The molecule has 4 rings (SSSR count). The minimum atomic E-state index is -0.342. The molecule has 0 atom stereocenters. The largest absolute Gasteiger partial charge is 0.357 e. The summed E-state index contributed by atoms with van der Waals surface area (Å²) in [5.74, 6) is -0.174. The van der Waals surface area contributed by atoms with Crippen molar-refractivity contribution in [1.29, 1.82) is 0 Å². The number of carbonyl (C=O) groups excluding carboxylic acids is 1. The van der Waals surface area contributed by atoms with Crippen molar-refractivity contribution in [3.8, 4) is 10.6 Å². The molecule has 0 unspecified atom stereocenters. The summed E-state index contributed by atoms with van der Waals surface area (Å²) in [4.78, 5) is 24.1. The minimum absolute atomic E-state index is 0.263. The van der Waals surface area contributed by atoms with Crippen LogP contribution in [-0.4, -0.2) is 27.9 Å². The van der Waals surface area contributed by atoms with E-state index in [9.17, 15) is 13.6 Å². The normalized spacial score (nSPS) is 10.6. The molecule has 6 nitrogen and oxygen atoms in total. The Hall–Kier alpha value is -3.85. The molecule has 2 aromatic heterocycles. The van der Waals surface area contributed by atoms with E-state index in [0.29, 0.717) is 10.9 Å². The van der Waals surface area contributed by atoms with Crippen molar-refractivity contribution in [2.45, 2.75) is 13.1 Å². The average molecular weight is 466 g/mol. The van der Waals surface area contributed by atoms with E-state index in [-0.39, 0.29) is 30.8 Å². The van der Waals surface area contributed by atoms with Crippen molar-refractivity contribution in [2.75, 3.05) is 17.7 Å². The summed E-state index contributed by atoms with van der Waals surface area (Å²) in [6.07, 6.45) is 1.67. The predicted molar refractivity (Wildman–Crippen MR) is 126 cm³/mol. The summed E-state index contributed by atoms with van der Waals surface area (Å²) in [6, 6.07) is 17.1. The van der Waals surface area contributed by atoms with Crippen molar-refractivity contribution in [3.05, 3.63) is 95.7 Å². The first-order valence-electron chi connectivity index (χ1n) is 10.2. The van der Waals surface area contributed by atoms with Crippen LogP contribution in [0.3, 0.4) is 0 Å². The molecule has 0 fully saturated rings. The Morgan fingerprint density at radius 1 is 0.909 bits per heavy atom. The van der Waals surface area contributed by atoms with E-state index in [1.165, 1.54) is 35.6 Å². The van der Waals surface area contributed by atoms with Gasteiger partial charge in [0.15, 0.2) is 0 Å². The standard InChI is InChI=1S/C24H21F2N5OS/c1-27-23-28-13-12-20(29-23)21-10-11-22(33-21)30-24(32)31(14-16-2-6-18(25)7-3-16)15-17-4-8-19(26)9-5-17/h2-13H,14-15H2,1H3,(H,30,32)(H,27,28,29). The number of benzene rings is 2. The smallest absolute Gasteiger partial charge is 0.323 e. The Morgan fingerprint density at radius 2 is 1.52 bits per heavy atom. The van der Waals surface area contributed by atoms with Gasteiger partial charge in [0.2, 0.25) is 5.95 Å². The van der Waals surface area contributed by atoms with Gasteiger partial charge in [0.05, 0.1) is 15.6 Å². The van der Waals surface area contributed by atoms with Crippen molar-refractivity contribution < 1.29 is 13.6 Å². The quantitative estimate of drug-likeness (QED) is 0.364. The first-order valence-corrected chi connectivity index (χ1v) is 11.0. The van der Waals surface area contributed by atoms with Crippen LogP contribution in [0.15, 0.2) is 72.9 Å². The van der Waals surface area contributed by atoms with Gasteiger partial charge in [-0.25, -0.2) is 23.5 Å². The molecular weight excluding hydrogens is 444 g/mol. The molecule has 0 spiro atoms. The monoisotopic (exact) mass is 465 g/mol. The van der Waals surface area contributed by atoms with Crippen molar-refractivity contribution in [3.63, 3.8) is 0 Å². The minimum Gasteiger partial charge on any atom is -0.357 e. The fourth-order valence-electron chi connectivity index (χ4n) is 3.16. The molecule has 0 aliphatic heterocycles. The number of anilines is 2. The molecule has 2 heterocycles. The van der Waals surface area contributed by atoms with Crippen LogP contribution in [0.5, 0.6) is 0 Å². The molecule has 0 radical (unpaired) electrons. The maximum absolute atomic E-state index is 13.3. The van der Waals surface area contributed by atoms with Crippen molar-refractivity contribution in [1.82, 2.24) is 14.9 Å². The Bertz CT molecular complexity index is 1180. The zero-order valence-electron chi connectivity index (χ0n) is 17.8. The molecule has 0 aliphatic carbocycles. The van der Waals surface area contributed by atoms with Gasteiger partial charge >= 0.3 is 6.03 Å². The van der Waals surface area contributed by atoms with E-state index in [0.717, 1.165) is 21.7 Å². The van der Waals surface area contributed by atoms with E-state index < -0.39 is 0 Å². The first kappa shape index (κ1) is 22.3. The van der Waals surface area contributed by atoms with Crippen LogP contribution in [0.25, 0.3) is 10.6 Å². The number of urea groups is 1. The molecule has 2 N–H and O–H groups in total. The molecule has 0 saturated carbocycles. The zero-order chi connectivity index (χ0) is 23.2. The lowest BCUT2D eigenvalue weighted by Gasteiger charge is -2.23. The Labute approximate surface area is 193 Å². The maximum atomic E-state index is 13.3. The highest BCUT2D eigenvalue weighted by Crippen LogP contribution is 2.30. The van der Waals surface area contributed by atoms with E-state index in [4.69, 9.17) is 0 Å². The first-order chi connectivity index (χ1) is 16.0. The third-order valence-electron chi connectivity index (χ3n) is 4.83. The average Bonchev–Trinajstić information content (AvgIpc) is 3.30. The van der Waals surface area contributed by atoms with Crippen LogP contribution in [0.2, 0.25) is 0 Å². The number of aromatic nitrogens is 2. The highest BCUT2D eigenvalue weighted by molar-refractivity contribution is 7.19. The van der Waals surface area contributed by atoms with E-state index in [1.54, 1.807) is 48.5 Å². The number of hydrogen-bond donors (Lipinski definition) is 2. The molecule has 0 bridgehead atoms. The topological polar surface area (TPSA) is 70.2 Å². The molecule has 33 heavy (non-hydrogen) atoms. The lowest BCUT2D eigenvalue weighted by Crippen LogP contribution is -2.33. The number of nitrogens with one attached hydrogen (secondary N) is 2. The van der Waals surface area contributed by atoms with Gasteiger partial charge in [0, 0.05) is 26.3 Å². The molecule has 9 heteroatoms. The SMILES string of the molecule is CNc1nccc(-c2ccc(NC(=O)N(Cc3ccc(F)cc3)Cc3ccc(F)cc3)s2)n1. The van der Waals surface area contributed by atoms with Gasteiger partial charge in [0.1, 0.15) is 11.6 Å². The number of nitrogens with zero attached hydrogens (tertiary/aromatic N) is 3. The molecule has 2 amide bonds. The van der Waals surface area contributed by atoms with Crippen LogP contribution in [0.1, 0.15) is 11.1 Å². The summed E-state index contributed by atoms with van der Waals surface area (Å²) in [7, 11) is 1.75. The highest BCUT2D eigenvalue weighted by atomic mass is 32.1. The fraction of sp³-hybridized carbons (Fsp3) is 0.125. The molecule has 2 aromatic carbocycles. The van der Waals surface area contributed by atoms with E-state index in [2.05, 4.69) is 20.6 Å². The van der Waals surface area contributed by atoms with Crippen molar-refractivity contribution >= 4 is 28.3 Å². The Morgan fingerprint density at radius 3 is 2.09 bits per heavy atom. The maximum Gasteiger partial charge on any atom is 0.323 e. The second-order valence-electron chi connectivity index (χ2n) is 7.22. The lowest BCUT2D eigenvalue weighted by atomic mass is 10.1. The third-order valence-corrected chi connectivity index (χ3v) is 5.85. The van der Waals surface area contributed by atoms with Gasteiger partial charge in [-0.1, -0.05) is 24.3 Å². The molecular formula is C24H21F2N5OS. The van der Waals surface area contributed by atoms with Crippen LogP contribution >= 0.6 is 11.3 Å². The van der Waals surface area contributed by atoms with E-state index in [1.807, 2.05) is 12.1 Å². The fourth-order valence-corrected chi connectivity index (χ4v) is 4.03. The molecule has 0 aliphatic rings. The van der Waals surface area contributed by atoms with Crippen LogP contribution in [-0.2, 0) is 13.1 Å². The van der Waals surface area contributed by atoms with Gasteiger partial charge in [-0.2, -0.15) is 0 Å². The van der Waals surface area contributed by atoms with E-state index >= 15 is 0 Å². The number of thiophene rings is 1. The second kappa shape index (κ2) is 10.2. The summed E-state index contributed by atoms with van der Waals surface area (Å²) in [6.45, 7) is 0.526.